The van der Waals surface area contributed by atoms with E-state index in [1.54, 1.807) is 11.0 Å². The molecule has 26 heavy (non-hydrogen) atoms. The number of halogens is 2. The average Bonchev–Trinajstić information content (AvgIpc) is 2.97. The van der Waals surface area contributed by atoms with Crippen LogP contribution >= 0.6 is 27.5 Å². The molecule has 4 nitrogen and oxygen atoms in total. The number of hydrogen-bond acceptors (Lipinski definition) is 2. The van der Waals surface area contributed by atoms with Gasteiger partial charge in [0.05, 0.1) is 5.92 Å². The maximum Gasteiger partial charge on any atom is 0.229 e. The molecule has 1 heterocycles. The topological polar surface area (TPSA) is 49.4 Å². The molecule has 0 radical (unpaired) electrons. The van der Waals surface area contributed by atoms with Crippen LogP contribution in [0.4, 0.5) is 11.4 Å². The number of aryl methyl sites for hydroxylation is 2. The summed E-state index contributed by atoms with van der Waals surface area (Å²) < 4.78 is 1.01. The molecule has 0 unspecified atom stereocenters. The van der Waals surface area contributed by atoms with E-state index >= 15 is 0 Å². The third-order valence-electron chi connectivity index (χ3n) is 4.79. The Labute approximate surface area is 166 Å². The van der Waals surface area contributed by atoms with Crippen LogP contribution in [0.2, 0.25) is 5.02 Å². The Bertz CT molecular complexity index is 898. The van der Waals surface area contributed by atoms with Gasteiger partial charge in [-0.25, -0.2) is 0 Å². The van der Waals surface area contributed by atoms with Crippen LogP contribution in [0.3, 0.4) is 0 Å². The first-order valence-corrected chi connectivity index (χ1v) is 9.58. The number of carbonyl (C=O) groups is 2. The molecular formula is C20H20BrClN2O2. The van der Waals surface area contributed by atoms with Crippen molar-refractivity contribution in [1.82, 2.24) is 0 Å². The van der Waals surface area contributed by atoms with Gasteiger partial charge in [0.2, 0.25) is 11.8 Å². The fourth-order valence-electron chi connectivity index (χ4n) is 3.15. The molecule has 0 spiro atoms. The minimum Gasteiger partial charge on any atom is -0.326 e. The van der Waals surface area contributed by atoms with Crippen LogP contribution in [0.1, 0.15) is 23.1 Å². The van der Waals surface area contributed by atoms with Crippen molar-refractivity contribution < 1.29 is 9.59 Å². The summed E-state index contributed by atoms with van der Waals surface area (Å²) >= 11 is 9.66. The molecule has 1 fully saturated rings. The second kappa shape index (κ2) is 7.41. The zero-order chi connectivity index (χ0) is 19.0. The van der Waals surface area contributed by atoms with Crippen LogP contribution in [0.5, 0.6) is 0 Å². The van der Waals surface area contributed by atoms with Crippen molar-refractivity contribution in [3.05, 3.63) is 56.5 Å². The van der Waals surface area contributed by atoms with Crippen molar-refractivity contribution in [2.75, 3.05) is 16.8 Å². The molecule has 0 aromatic heterocycles. The highest BCUT2D eigenvalue weighted by Gasteiger charge is 2.36. The summed E-state index contributed by atoms with van der Waals surface area (Å²) in [4.78, 5) is 26.8. The molecule has 1 aliphatic heterocycles. The van der Waals surface area contributed by atoms with Gasteiger partial charge >= 0.3 is 0 Å². The largest absolute Gasteiger partial charge is 0.326 e. The molecule has 136 valence electrons. The van der Waals surface area contributed by atoms with Gasteiger partial charge in [0.15, 0.2) is 0 Å². The predicted molar refractivity (Wildman–Crippen MR) is 109 cm³/mol. The van der Waals surface area contributed by atoms with Crippen molar-refractivity contribution in [3.63, 3.8) is 0 Å². The van der Waals surface area contributed by atoms with Crippen molar-refractivity contribution >= 4 is 50.7 Å². The van der Waals surface area contributed by atoms with E-state index in [0.29, 0.717) is 11.6 Å². The Hall–Kier alpha value is -1.85. The highest BCUT2D eigenvalue weighted by Crippen LogP contribution is 2.32. The predicted octanol–water partition coefficient (Wildman–Crippen LogP) is 5.02. The third kappa shape index (κ3) is 3.64. The fraction of sp³-hybridized carbons (Fsp3) is 0.300. The smallest absolute Gasteiger partial charge is 0.229 e. The van der Waals surface area contributed by atoms with Gasteiger partial charge in [-0.1, -0.05) is 33.6 Å². The molecule has 1 aliphatic rings. The molecule has 1 N–H and O–H groups in total. The van der Waals surface area contributed by atoms with E-state index < -0.39 is 0 Å². The minimum atomic E-state index is -0.385. The van der Waals surface area contributed by atoms with Crippen molar-refractivity contribution in [2.45, 2.75) is 27.2 Å². The van der Waals surface area contributed by atoms with E-state index in [9.17, 15) is 9.59 Å². The quantitative estimate of drug-likeness (QED) is 0.736. The zero-order valence-electron chi connectivity index (χ0n) is 14.9. The first-order chi connectivity index (χ1) is 12.3. The van der Waals surface area contributed by atoms with Crippen LogP contribution < -0.4 is 10.2 Å². The average molecular weight is 436 g/mol. The summed E-state index contributed by atoms with van der Waals surface area (Å²) in [7, 11) is 0. The SMILES string of the molecule is Cc1cc(NC(=O)[C@H]2CC(=O)N(c3cccc(Cl)c3C)C2)c(C)cc1Br. The summed E-state index contributed by atoms with van der Waals surface area (Å²) in [5, 5.41) is 3.59. The molecule has 1 atom stereocenters. The van der Waals surface area contributed by atoms with E-state index in [2.05, 4.69) is 21.2 Å². The number of hydrogen-bond donors (Lipinski definition) is 1. The van der Waals surface area contributed by atoms with Crippen LogP contribution in [0, 0.1) is 26.7 Å². The number of nitrogens with one attached hydrogen (secondary N) is 1. The van der Waals surface area contributed by atoms with Gasteiger partial charge in [0.1, 0.15) is 0 Å². The fourth-order valence-corrected chi connectivity index (χ4v) is 3.78. The maximum absolute atomic E-state index is 12.7. The van der Waals surface area contributed by atoms with Crippen LogP contribution in [0.15, 0.2) is 34.8 Å². The number of carbonyl (C=O) groups excluding carboxylic acids is 2. The van der Waals surface area contributed by atoms with Crippen molar-refractivity contribution in [1.29, 1.82) is 0 Å². The van der Waals surface area contributed by atoms with E-state index in [1.807, 2.05) is 45.0 Å². The highest BCUT2D eigenvalue weighted by molar-refractivity contribution is 9.10. The van der Waals surface area contributed by atoms with Gasteiger partial charge in [-0.05, 0) is 61.7 Å². The number of rotatable bonds is 3. The molecule has 2 aromatic rings. The number of benzene rings is 2. The molecule has 0 bridgehead atoms. The van der Waals surface area contributed by atoms with E-state index in [-0.39, 0.29) is 24.2 Å². The summed E-state index contributed by atoms with van der Waals surface area (Å²) in [6, 6.07) is 9.39. The second-order valence-electron chi connectivity index (χ2n) is 6.69. The Morgan fingerprint density at radius 3 is 2.69 bits per heavy atom. The standard InChI is InChI=1S/C20H20BrClN2O2/c1-11-8-17(12(2)7-15(11)21)23-20(26)14-9-19(25)24(10-14)18-6-4-5-16(22)13(18)3/h4-8,14H,9-10H2,1-3H3,(H,23,26)/t14-/m0/s1. The first kappa shape index (κ1) is 18.9. The van der Waals surface area contributed by atoms with Crippen LogP contribution in [-0.4, -0.2) is 18.4 Å². The molecule has 2 aromatic carbocycles. The molecule has 6 heteroatoms. The Balaban J connectivity index is 1.77. The molecule has 1 saturated heterocycles. The third-order valence-corrected chi connectivity index (χ3v) is 6.05. The van der Waals surface area contributed by atoms with Gasteiger partial charge < -0.3 is 10.2 Å². The monoisotopic (exact) mass is 434 g/mol. The van der Waals surface area contributed by atoms with Gasteiger partial charge in [-0.3, -0.25) is 9.59 Å². The lowest BCUT2D eigenvalue weighted by Crippen LogP contribution is -2.28. The summed E-state index contributed by atoms with van der Waals surface area (Å²) in [6.07, 6.45) is 0.201. The zero-order valence-corrected chi connectivity index (χ0v) is 17.2. The Kier molecular flexibility index (Phi) is 5.39. The maximum atomic E-state index is 12.7. The molecular weight excluding hydrogens is 416 g/mol. The summed E-state index contributed by atoms with van der Waals surface area (Å²) in [5.41, 5.74) is 4.42. The lowest BCUT2D eigenvalue weighted by Gasteiger charge is -2.20. The molecule has 2 amide bonds. The number of anilines is 2. The Morgan fingerprint density at radius 2 is 1.96 bits per heavy atom. The number of amides is 2. The molecule has 0 saturated carbocycles. The minimum absolute atomic E-state index is 0.0563. The normalized spacial score (nSPS) is 16.9. The molecule has 0 aliphatic carbocycles. The van der Waals surface area contributed by atoms with E-state index in [1.165, 1.54) is 0 Å². The van der Waals surface area contributed by atoms with Gasteiger partial charge in [0, 0.05) is 33.8 Å². The van der Waals surface area contributed by atoms with Crippen LogP contribution in [0.25, 0.3) is 0 Å². The van der Waals surface area contributed by atoms with Gasteiger partial charge in [0.25, 0.3) is 0 Å². The molecule has 3 rings (SSSR count). The summed E-state index contributed by atoms with van der Waals surface area (Å²) in [5.74, 6) is -0.575. The first-order valence-electron chi connectivity index (χ1n) is 8.41. The van der Waals surface area contributed by atoms with Gasteiger partial charge in [-0.15, -0.1) is 0 Å². The van der Waals surface area contributed by atoms with Crippen molar-refractivity contribution in [2.24, 2.45) is 5.92 Å². The van der Waals surface area contributed by atoms with Gasteiger partial charge in [-0.2, -0.15) is 0 Å². The summed E-state index contributed by atoms with van der Waals surface area (Å²) in [6.45, 7) is 6.16. The lowest BCUT2D eigenvalue weighted by atomic mass is 10.1. The highest BCUT2D eigenvalue weighted by atomic mass is 79.9. The second-order valence-corrected chi connectivity index (χ2v) is 7.96. The van der Waals surface area contributed by atoms with Crippen LogP contribution in [-0.2, 0) is 9.59 Å². The van der Waals surface area contributed by atoms with E-state index in [4.69, 9.17) is 11.6 Å². The lowest BCUT2D eigenvalue weighted by molar-refractivity contribution is -0.122. The van der Waals surface area contributed by atoms with E-state index in [0.717, 1.165) is 32.5 Å². The Morgan fingerprint density at radius 1 is 1.23 bits per heavy atom. The van der Waals surface area contributed by atoms with Crippen molar-refractivity contribution in [3.8, 4) is 0 Å². The number of nitrogens with zero attached hydrogens (tertiary/aromatic N) is 1.